The monoisotopic (exact) mass is 370 g/mol. The van der Waals surface area contributed by atoms with E-state index in [0.29, 0.717) is 24.1 Å². The van der Waals surface area contributed by atoms with Gasteiger partial charge in [-0.3, -0.25) is 0 Å². The Balaban J connectivity index is 2.11. The lowest BCUT2D eigenvalue weighted by Gasteiger charge is -2.21. The molecule has 1 atom stereocenters. The van der Waals surface area contributed by atoms with E-state index in [1.165, 1.54) is 0 Å². The van der Waals surface area contributed by atoms with Gasteiger partial charge in [0.25, 0.3) is 0 Å². The summed E-state index contributed by atoms with van der Waals surface area (Å²) in [6.07, 6.45) is 2.15. The normalized spacial score (nSPS) is 21.3. The van der Waals surface area contributed by atoms with E-state index in [0.717, 1.165) is 16.5 Å². The van der Waals surface area contributed by atoms with Gasteiger partial charge in [0.2, 0.25) is 5.88 Å². The van der Waals surface area contributed by atoms with Gasteiger partial charge in [-0.05, 0) is 30.5 Å². The Morgan fingerprint density at radius 1 is 1.24 bits per heavy atom. The topological polar surface area (TPSA) is 86.2 Å². The van der Waals surface area contributed by atoms with E-state index in [1.54, 1.807) is 0 Å². The fraction of sp³-hybridized carbons (Fsp3) is 0.357. The van der Waals surface area contributed by atoms with Gasteiger partial charge in [0.15, 0.2) is 9.84 Å². The first-order valence-electron chi connectivity index (χ1n) is 6.71. The number of nitrogen functional groups attached to an aromatic ring is 1. The lowest BCUT2D eigenvalue weighted by molar-refractivity contribution is 0.421. The molecule has 1 saturated heterocycles. The third-order valence-electron chi connectivity index (χ3n) is 3.76. The third-order valence-corrected chi connectivity index (χ3v) is 6.47. The molecule has 112 valence electrons. The number of hydrogen-bond donors (Lipinski definition) is 1. The minimum Gasteiger partial charge on any atom is -0.367 e. The summed E-state index contributed by atoms with van der Waals surface area (Å²) >= 11 is 3.37. The van der Waals surface area contributed by atoms with Gasteiger partial charge in [-0.25, -0.2) is 8.42 Å². The molecule has 2 N–H and O–H groups in total. The lowest BCUT2D eigenvalue weighted by atomic mass is 10.0. The zero-order chi connectivity index (χ0) is 15.0. The first-order valence-corrected chi connectivity index (χ1v) is 9.22. The van der Waals surface area contributed by atoms with Crippen molar-refractivity contribution in [2.45, 2.75) is 24.5 Å². The summed E-state index contributed by atoms with van der Waals surface area (Å²) in [5, 5.41) is 3.32. The summed E-state index contributed by atoms with van der Waals surface area (Å²) in [6, 6.07) is 7.49. The molecule has 0 bridgehead atoms. The molecule has 5 nitrogen and oxygen atoms in total. The van der Waals surface area contributed by atoms with Gasteiger partial charge in [0, 0.05) is 4.47 Å². The van der Waals surface area contributed by atoms with Crippen LogP contribution in [0.15, 0.2) is 33.3 Å². The summed E-state index contributed by atoms with van der Waals surface area (Å²) in [6.45, 7) is 0. The SMILES string of the molecule is Nc1onc(C2CCCCS2(=O)=O)c1-c1ccc(Br)cc1. The molecule has 2 aromatic rings. The van der Waals surface area contributed by atoms with E-state index < -0.39 is 15.1 Å². The Hall–Kier alpha value is -1.34. The van der Waals surface area contributed by atoms with Crippen molar-refractivity contribution in [3.05, 3.63) is 34.4 Å². The number of rotatable bonds is 2. The van der Waals surface area contributed by atoms with Crippen LogP contribution < -0.4 is 5.73 Å². The maximum absolute atomic E-state index is 12.3. The van der Waals surface area contributed by atoms with Gasteiger partial charge in [-0.15, -0.1) is 0 Å². The Morgan fingerprint density at radius 2 is 1.95 bits per heavy atom. The van der Waals surface area contributed by atoms with Gasteiger partial charge < -0.3 is 10.3 Å². The molecular weight excluding hydrogens is 356 g/mol. The van der Waals surface area contributed by atoms with E-state index in [4.69, 9.17) is 10.3 Å². The molecule has 1 aliphatic heterocycles. The maximum Gasteiger partial charge on any atom is 0.230 e. The zero-order valence-electron chi connectivity index (χ0n) is 11.3. The van der Waals surface area contributed by atoms with E-state index in [1.807, 2.05) is 24.3 Å². The highest BCUT2D eigenvalue weighted by Crippen LogP contribution is 2.40. The molecule has 3 rings (SSSR count). The average molecular weight is 371 g/mol. The van der Waals surface area contributed by atoms with Gasteiger partial charge >= 0.3 is 0 Å². The summed E-state index contributed by atoms with van der Waals surface area (Å²) in [7, 11) is -3.19. The van der Waals surface area contributed by atoms with E-state index in [9.17, 15) is 8.42 Å². The van der Waals surface area contributed by atoms with Crippen molar-refractivity contribution in [1.29, 1.82) is 0 Å². The van der Waals surface area contributed by atoms with Crippen LogP contribution in [0, 0.1) is 0 Å². The molecule has 0 radical (unpaired) electrons. The molecule has 0 aliphatic carbocycles. The van der Waals surface area contributed by atoms with Crippen molar-refractivity contribution in [2.24, 2.45) is 0 Å². The van der Waals surface area contributed by atoms with Crippen LogP contribution in [-0.4, -0.2) is 19.3 Å². The number of halogens is 1. The highest BCUT2D eigenvalue weighted by molar-refractivity contribution is 9.10. The summed E-state index contributed by atoms with van der Waals surface area (Å²) in [5.41, 5.74) is 7.72. The van der Waals surface area contributed by atoms with Crippen molar-refractivity contribution in [1.82, 2.24) is 5.16 Å². The third kappa shape index (κ3) is 2.72. The lowest BCUT2D eigenvalue weighted by Crippen LogP contribution is -2.22. The highest BCUT2D eigenvalue weighted by Gasteiger charge is 2.35. The van der Waals surface area contributed by atoms with Crippen LogP contribution >= 0.6 is 15.9 Å². The van der Waals surface area contributed by atoms with E-state index >= 15 is 0 Å². The molecule has 1 aliphatic rings. The van der Waals surface area contributed by atoms with Crippen LogP contribution in [0.2, 0.25) is 0 Å². The molecule has 1 fully saturated rings. The van der Waals surface area contributed by atoms with Gasteiger partial charge in [-0.1, -0.05) is 39.6 Å². The van der Waals surface area contributed by atoms with E-state index in [-0.39, 0.29) is 11.6 Å². The number of nitrogens with two attached hydrogens (primary N) is 1. The Morgan fingerprint density at radius 3 is 2.62 bits per heavy atom. The fourth-order valence-corrected chi connectivity index (χ4v) is 4.89. The van der Waals surface area contributed by atoms with Crippen LogP contribution in [0.3, 0.4) is 0 Å². The predicted molar refractivity (Wildman–Crippen MR) is 84.4 cm³/mol. The largest absolute Gasteiger partial charge is 0.367 e. The first kappa shape index (κ1) is 14.6. The van der Waals surface area contributed by atoms with Crippen molar-refractivity contribution < 1.29 is 12.9 Å². The van der Waals surface area contributed by atoms with Crippen molar-refractivity contribution in [2.75, 3.05) is 11.5 Å². The minimum absolute atomic E-state index is 0.160. The van der Waals surface area contributed by atoms with Crippen molar-refractivity contribution in [3.8, 4) is 11.1 Å². The molecule has 1 aromatic heterocycles. The Bertz CT molecular complexity index is 753. The van der Waals surface area contributed by atoms with Crippen molar-refractivity contribution in [3.63, 3.8) is 0 Å². The molecule has 0 amide bonds. The second-order valence-corrected chi connectivity index (χ2v) is 8.38. The number of anilines is 1. The fourth-order valence-electron chi connectivity index (χ4n) is 2.70. The van der Waals surface area contributed by atoms with Crippen LogP contribution in [0.1, 0.15) is 30.2 Å². The van der Waals surface area contributed by atoms with Crippen LogP contribution in [0.5, 0.6) is 0 Å². The molecule has 0 saturated carbocycles. The van der Waals surface area contributed by atoms with Crippen LogP contribution in [-0.2, 0) is 9.84 Å². The number of benzene rings is 1. The Labute approximate surface area is 131 Å². The molecule has 2 heterocycles. The predicted octanol–water partition coefficient (Wildman–Crippen LogP) is 3.33. The maximum atomic E-state index is 12.3. The molecule has 7 heteroatoms. The molecule has 0 spiro atoms. The number of aromatic nitrogens is 1. The number of sulfone groups is 1. The molecule has 1 unspecified atom stereocenters. The van der Waals surface area contributed by atoms with E-state index in [2.05, 4.69) is 21.1 Å². The summed E-state index contributed by atoms with van der Waals surface area (Å²) < 4.78 is 30.6. The number of hydrogen-bond acceptors (Lipinski definition) is 5. The average Bonchev–Trinajstić information content (AvgIpc) is 2.81. The van der Waals surface area contributed by atoms with Crippen LogP contribution in [0.25, 0.3) is 11.1 Å². The Kier molecular flexibility index (Phi) is 3.79. The standard InChI is InChI=1S/C14H15BrN2O3S/c15-10-6-4-9(5-7-10)12-13(17-20-14(12)16)11-3-1-2-8-21(11,18)19/h4-7,11H,1-3,8,16H2. The molecular formula is C14H15BrN2O3S. The number of nitrogens with zero attached hydrogens (tertiary/aromatic N) is 1. The minimum atomic E-state index is -3.19. The van der Waals surface area contributed by atoms with Gasteiger partial charge in [0.05, 0.1) is 11.3 Å². The van der Waals surface area contributed by atoms with Crippen molar-refractivity contribution >= 4 is 31.7 Å². The van der Waals surface area contributed by atoms with Gasteiger partial charge in [0.1, 0.15) is 10.9 Å². The smallest absolute Gasteiger partial charge is 0.230 e. The summed E-state index contributed by atoms with van der Waals surface area (Å²) in [4.78, 5) is 0. The first-order chi connectivity index (χ1) is 9.99. The van der Waals surface area contributed by atoms with Crippen LogP contribution in [0.4, 0.5) is 5.88 Å². The summed E-state index contributed by atoms with van der Waals surface area (Å²) in [5.74, 6) is 0.359. The zero-order valence-corrected chi connectivity index (χ0v) is 13.7. The quantitative estimate of drug-likeness (QED) is 0.875. The second-order valence-electron chi connectivity index (χ2n) is 5.17. The van der Waals surface area contributed by atoms with Gasteiger partial charge in [-0.2, -0.15) is 0 Å². The molecule has 1 aromatic carbocycles. The molecule has 21 heavy (non-hydrogen) atoms. The highest BCUT2D eigenvalue weighted by atomic mass is 79.9. The second kappa shape index (κ2) is 5.46.